The van der Waals surface area contributed by atoms with Gasteiger partial charge in [-0.15, -0.1) is 0 Å². The van der Waals surface area contributed by atoms with Gasteiger partial charge in [0.15, 0.2) is 0 Å². The molecule has 1 aromatic heterocycles. The minimum Gasteiger partial charge on any atom is -0.367 e. The van der Waals surface area contributed by atoms with Crippen molar-refractivity contribution in [3.63, 3.8) is 0 Å². The minimum absolute atomic E-state index is 0.000468. The van der Waals surface area contributed by atoms with Gasteiger partial charge in [-0.1, -0.05) is 42.5 Å². The van der Waals surface area contributed by atoms with Crippen LogP contribution >= 0.6 is 0 Å². The van der Waals surface area contributed by atoms with Gasteiger partial charge in [0.2, 0.25) is 0 Å². The van der Waals surface area contributed by atoms with Crippen molar-refractivity contribution in [2.75, 3.05) is 13.1 Å². The molecule has 6 heteroatoms. The molecule has 0 N–H and O–H groups in total. The normalized spacial score (nSPS) is 19.8. The standard InChI is InChI=1S/C21H22N4O2/c1-16-11-24(13-20(27-16)18-5-3-2-4-6-18)21(26)19-9-7-17(8-10-19)12-25-15-22-14-23-25/h2-10,14-16,20H,11-13H2,1H3. The fraction of sp³-hybridized carbons (Fsp3) is 0.286. The zero-order valence-corrected chi connectivity index (χ0v) is 15.2. The van der Waals surface area contributed by atoms with Gasteiger partial charge in [-0.05, 0) is 30.2 Å². The topological polar surface area (TPSA) is 60.2 Å². The van der Waals surface area contributed by atoms with E-state index >= 15 is 0 Å². The summed E-state index contributed by atoms with van der Waals surface area (Å²) in [6.07, 6.45) is 3.10. The summed E-state index contributed by atoms with van der Waals surface area (Å²) in [5.74, 6) is 0.0402. The van der Waals surface area contributed by atoms with Crippen LogP contribution in [0, 0.1) is 0 Å². The molecule has 0 bridgehead atoms. The highest BCUT2D eigenvalue weighted by Gasteiger charge is 2.29. The molecule has 0 radical (unpaired) electrons. The van der Waals surface area contributed by atoms with E-state index in [2.05, 4.69) is 10.1 Å². The van der Waals surface area contributed by atoms with Crippen LogP contribution in [0.1, 0.15) is 34.5 Å². The molecule has 3 aromatic rings. The van der Waals surface area contributed by atoms with Crippen molar-refractivity contribution in [3.8, 4) is 0 Å². The Bertz CT molecular complexity index is 878. The van der Waals surface area contributed by atoms with E-state index in [1.807, 2.05) is 66.4 Å². The molecule has 4 rings (SSSR count). The Kier molecular flexibility index (Phi) is 4.98. The van der Waals surface area contributed by atoms with Crippen LogP contribution in [-0.4, -0.2) is 44.8 Å². The molecule has 2 heterocycles. The lowest BCUT2D eigenvalue weighted by atomic mass is 10.0. The van der Waals surface area contributed by atoms with Gasteiger partial charge in [-0.2, -0.15) is 5.10 Å². The first kappa shape index (κ1) is 17.4. The lowest BCUT2D eigenvalue weighted by Crippen LogP contribution is -2.45. The number of hydrogen-bond acceptors (Lipinski definition) is 4. The van der Waals surface area contributed by atoms with Crippen LogP contribution in [0.5, 0.6) is 0 Å². The molecular formula is C21H22N4O2. The maximum Gasteiger partial charge on any atom is 0.254 e. The van der Waals surface area contributed by atoms with Crippen molar-refractivity contribution < 1.29 is 9.53 Å². The number of hydrogen-bond donors (Lipinski definition) is 0. The lowest BCUT2D eigenvalue weighted by Gasteiger charge is -2.37. The first-order valence-corrected chi connectivity index (χ1v) is 9.10. The molecule has 2 unspecified atom stereocenters. The second-order valence-corrected chi connectivity index (χ2v) is 6.85. The molecule has 2 atom stereocenters. The van der Waals surface area contributed by atoms with E-state index in [1.165, 1.54) is 6.33 Å². The Labute approximate surface area is 158 Å². The minimum atomic E-state index is -0.0921. The van der Waals surface area contributed by atoms with Gasteiger partial charge in [-0.3, -0.25) is 4.79 Å². The van der Waals surface area contributed by atoms with Crippen LogP contribution < -0.4 is 0 Å². The van der Waals surface area contributed by atoms with Gasteiger partial charge in [0.05, 0.1) is 19.2 Å². The average Bonchev–Trinajstić information content (AvgIpc) is 3.21. The molecule has 0 spiro atoms. The Balaban J connectivity index is 1.46. The average molecular weight is 362 g/mol. The van der Waals surface area contributed by atoms with Crippen LogP contribution in [-0.2, 0) is 11.3 Å². The van der Waals surface area contributed by atoms with Gasteiger partial charge < -0.3 is 9.64 Å². The number of rotatable bonds is 4. The quantitative estimate of drug-likeness (QED) is 0.716. The van der Waals surface area contributed by atoms with Gasteiger partial charge in [-0.25, -0.2) is 9.67 Å². The van der Waals surface area contributed by atoms with Gasteiger partial charge >= 0.3 is 0 Å². The fourth-order valence-electron chi connectivity index (χ4n) is 3.41. The summed E-state index contributed by atoms with van der Waals surface area (Å²) in [7, 11) is 0. The molecule has 27 heavy (non-hydrogen) atoms. The number of aromatic nitrogens is 3. The maximum atomic E-state index is 13.0. The SMILES string of the molecule is CC1CN(C(=O)c2ccc(Cn3cncn3)cc2)CC(c2ccccc2)O1. The van der Waals surface area contributed by atoms with Crippen molar-refractivity contribution in [1.82, 2.24) is 19.7 Å². The Hall–Kier alpha value is -2.99. The molecule has 6 nitrogen and oxygen atoms in total. The zero-order chi connectivity index (χ0) is 18.6. The third kappa shape index (κ3) is 4.06. The Morgan fingerprint density at radius 1 is 1.11 bits per heavy atom. The first-order chi connectivity index (χ1) is 13.2. The van der Waals surface area contributed by atoms with E-state index in [1.54, 1.807) is 11.0 Å². The summed E-state index contributed by atoms with van der Waals surface area (Å²) in [5.41, 5.74) is 2.87. The van der Waals surface area contributed by atoms with Crippen molar-refractivity contribution in [3.05, 3.63) is 83.9 Å². The van der Waals surface area contributed by atoms with Gasteiger partial charge in [0.25, 0.3) is 5.91 Å². The van der Waals surface area contributed by atoms with E-state index < -0.39 is 0 Å². The van der Waals surface area contributed by atoms with Crippen LogP contribution in [0.2, 0.25) is 0 Å². The van der Waals surface area contributed by atoms with Crippen LogP contribution in [0.4, 0.5) is 0 Å². The summed E-state index contributed by atoms with van der Waals surface area (Å²) in [6.45, 7) is 3.81. The summed E-state index contributed by atoms with van der Waals surface area (Å²) in [6, 6.07) is 17.8. The lowest BCUT2D eigenvalue weighted by molar-refractivity contribution is -0.0691. The van der Waals surface area contributed by atoms with Crippen LogP contribution in [0.15, 0.2) is 67.3 Å². The molecule has 1 aliphatic rings. The molecular weight excluding hydrogens is 340 g/mol. The van der Waals surface area contributed by atoms with Crippen molar-refractivity contribution in [2.24, 2.45) is 0 Å². The number of benzene rings is 2. The summed E-state index contributed by atoms with van der Waals surface area (Å²) in [5, 5.41) is 4.10. The monoisotopic (exact) mass is 362 g/mol. The molecule has 2 aromatic carbocycles. The number of amides is 1. The summed E-state index contributed by atoms with van der Waals surface area (Å²) < 4.78 is 7.81. The third-order valence-corrected chi connectivity index (χ3v) is 4.73. The number of carbonyl (C=O) groups excluding carboxylic acids is 1. The van der Waals surface area contributed by atoms with Crippen molar-refractivity contribution in [2.45, 2.75) is 25.7 Å². The molecule has 1 fully saturated rings. The van der Waals surface area contributed by atoms with E-state index in [4.69, 9.17) is 4.74 Å². The highest BCUT2D eigenvalue weighted by Crippen LogP contribution is 2.26. The van der Waals surface area contributed by atoms with Crippen LogP contribution in [0.25, 0.3) is 0 Å². The van der Waals surface area contributed by atoms with Gasteiger partial charge in [0.1, 0.15) is 18.8 Å². The number of carbonyl (C=O) groups is 1. The Morgan fingerprint density at radius 2 is 1.89 bits per heavy atom. The second kappa shape index (κ2) is 7.72. The fourth-order valence-corrected chi connectivity index (χ4v) is 3.41. The van der Waals surface area contributed by atoms with E-state index in [0.29, 0.717) is 25.2 Å². The van der Waals surface area contributed by atoms with E-state index in [-0.39, 0.29) is 18.1 Å². The highest BCUT2D eigenvalue weighted by molar-refractivity contribution is 5.94. The summed E-state index contributed by atoms with van der Waals surface area (Å²) in [4.78, 5) is 18.8. The van der Waals surface area contributed by atoms with E-state index in [0.717, 1.165) is 11.1 Å². The van der Waals surface area contributed by atoms with E-state index in [9.17, 15) is 4.79 Å². The summed E-state index contributed by atoms with van der Waals surface area (Å²) >= 11 is 0. The number of morpholine rings is 1. The molecule has 0 aliphatic carbocycles. The van der Waals surface area contributed by atoms with Crippen molar-refractivity contribution in [1.29, 1.82) is 0 Å². The number of nitrogens with zero attached hydrogens (tertiary/aromatic N) is 4. The first-order valence-electron chi connectivity index (χ1n) is 9.10. The predicted octanol–water partition coefficient (Wildman–Crippen LogP) is 2.93. The smallest absolute Gasteiger partial charge is 0.254 e. The molecule has 1 amide bonds. The Morgan fingerprint density at radius 3 is 2.59 bits per heavy atom. The second-order valence-electron chi connectivity index (χ2n) is 6.85. The van der Waals surface area contributed by atoms with Crippen LogP contribution in [0.3, 0.4) is 0 Å². The van der Waals surface area contributed by atoms with Gasteiger partial charge in [0, 0.05) is 12.1 Å². The molecule has 1 aliphatic heterocycles. The van der Waals surface area contributed by atoms with Crippen molar-refractivity contribution >= 4 is 5.91 Å². The predicted molar refractivity (Wildman–Crippen MR) is 101 cm³/mol. The largest absolute Gasteiger partial charge is 0.367 e. The maximum absolute atomic E-state index is 13.0. The third-order valence-electron chi connectivity index (χ3n) is 4.73. The molecule has 1 saturated heterocycles. The zero-order valence-electron chi connectivity index (χ0n) is 15.2. The molecule has 138 valence electrons. The number of ether oxygens (including phenoxy) is 1. The highest BCUT2D eigenvalue weighted by atomic mass is 16.5. The molecule has 0 saturated carbocycles.